The lowest BCUT2D eigenvalue weighted by atomic mass is 9.88. The van der Waals surface area contributed by atoms with E-state index < -0.39 is 30.2 Å². The molecule has 362 valence electrons. The van der Waals surface area contributed by atoms with Crippen LogP contribution >= 0.6 is 11.3 Å². The Hall–Kier alpha value is -6.75. The van der Waals surface area contributed by atoms with E-state index in [2.05, 4.69) is 95.0 Å². The minimum absolute atomic E-state index is 0.0146. The summed E-state index contributed by atoms with van der Waals surface area (Å²) in [6.07, 6.45) is 2.00. The molecule has 0 saturated carbocycles. The molecule has 13 heteroatoms. The SMILES string of the molecule is CC/C(=C(\c1ccccc1)c1ccc(OCCN(C)C(=O)OCCCC#CCCCC(=O)N[C@H](C(=O)N2C[C@H](O)C[C@H]2C(=O)NCc2ccc(-c3scnc3C)cc2)C(C)C)cc1)c1ccccc1. The average Bonchev–Trinajstić information content (AvgIpc) is 3.99. The third-order valence-electron chi connectivity index (χ3n) is 12.0. The van der Waals surface area contributed by atoms with E-state index in [1.807, 2.05) is 74.8 Å². The number of nitrogens with one attached hydrogen (secondary N) is 2. The Morgan fingerprint density at radius 3 is 2.16 bits per heavy atom. The van der Waals surface area contributed by atoms with Crippen LogP contribution in [0.3, 0.4) is 0 Å². The number of carbonyl (C=O) groups is 4. The second kappa shape index (κ2) is 26.1. The minimum Gasteiger partial charge on any atom is -0.492 e. The highest BCUT2D eigenvalue weighted by atomic mass is 32.1. The molecule has 1 fully saturated rings. The summed E-state index contributed by atoms with van der Waals surface area (Å²) in [5.74, 6) is 5.61. The molecular weight excluding hydrogens is 887 g/mol. The van der Waals surface area contributed by atoms with Gasteiger partial charge in [-0.3, -0.25) is 14.4 Å². The summed E-state index contributed by atoms with van der Waals surface area (Å²) in [6, 6.07) is 35.2. The number of amides is 4. The number of likely N-dealkylation sites (tertiary alicyclic amines) is 1. The number of aromatic nitrogens is 1. The number of likely N-dealkylation sites (N-methyl/N-ethyl adjacent to an activating group) is 1. The van der Waals surface area contributed by atoms with Gasteiger partial charge in [0.2, 0.25) is 17.7 Å². The summed E-state index contributed by atoms with van der Waals surface area (Å²) in [5, 5.41) is 16.3. The van der Waals surface area contributed by atoms with Crippen molar-refractivity contribution in [3.8, 4) is 28.0 Å². The van der Waals surface area contributed by atoms with E-state index in [-0.39, 0.29) is 50.3 Å². The number of aliphatic hydroxyl groups excluding tert-OH is 1. The van der Waals surface area contributed by atoms with Crippen molar-refractivity contribution >= 4 is 46.3 Å². The monoisotopic (exact) mass is 951 g/mol. The van der Waals surface area contributed by atoms with Crippen LogP contribution in [0.15, 0.2) is 115 Å². The van der Waals surface area contributed by atoms with Crippen LogP contribution in [0.1, 0.15) is 93.7 Å². The van der Waals surface area contributed by atoms with Crippen LogP contribution in [0.2, 0.25) is 0 Å². The predicted molar refractivity (Wildman–Crippen MR) is 273 cm³/mol. The number of rotatable bonds is 21. The quantitative estimate of drug-likeness (QED) is 0.0374. The normalized spacial score (nSPS) is 15.1. The summed E-state index contributed by atoms with van der Waals surface area (Å²) < 4.78 is 11.4. The van der Waals surface area contributed by atoms with E-state index in [1.165, 1.54) is 26.5 Å². The smallest absolute Gasteiger partial charge is 0.409 e. The molecule has 3 atom stereocenters. The van der Waals surface area contributed by atoms with Crippen molar-refractivity contribution in [2.24, 2.45) is 5.92 Å². The molecule has 12 nitrogen and oxygen atoms in total. The van der Waals surface area contributed by atoms with Gasteiger partial charge < -0.3 is 35.0 Å². The number of hydrogen-bond donors (Lipinski definition) is 3. The lowest BCUT2D eigenvalue weighted by Crippen LogP contribution is -2.55. The second-order valence-electron chi connectivity index (χ2n) is 17.5. The number of nitrogens with zero attached hydrogens (tertiary/aromatic N) is 3. The van der Waals surface area contributed by atoms with E-state index in [1.54, 1.807) is 18.4 Å². The number of β-amino-alcohol motifs (C(OH)–C–C–N with tert-alkyl or cyclic N) is 1. The molecule has 1 saturated heterocycles. The molecule has 1 aromatic heterocycles. The van der Waals surface area contributed by atoms with Crippen molar-refractivity contribution in [1.29, 1.82) is 0 Å². The number of ether oxygens (including phenoxy) is 2. The van der Waals surface area contributed by atoms with Gasteiger partial charge in [-0.1, -0.05) is 118 Å². The number of hydrogen-bond acceptors (Lipinski definition) is 9. The van der Waals surface area contributed by atoms with Crippen molar-refractivity contribution in [3.05, 3.63) is 143 Å². The molecule has 5 aromatic rings. The zero-order valence-corrected chi connectivity index (χ0v) is 41.2. The number of aryl methyl sites for hydroxylation is 1. The average molecular weight is 952 g/mol. The first-order valence-corrected chi connectivity index (χ1v) is 24.8. The third-order valence-corrected chi connectivity index (χ3v) is 13.0. The van der Waals surface area contributed by atoms with E-state index in [9.17, 15) is 24.3 Å². The van der Waals surface area contributed by atoms with Crippen LogP contribution in [0.4, 0.5) is 4.79 Å². The molecule has 1 aliphatic rings. The van der Waals surface area contributed by atoms with Gasteiger partial charge in [-0.2, -0.15) is 0 Å². The van der Waals surface area contributed by atoms with Gasteiger partial charge >= 0.3 is 6.09 Å². The third kappa shape index (κ3) is 14.9. The molecule has 4 amide bonds. The van der Waals surface area contributed by atoms with Gasteiger partial charge in [0.15, 0.2) is 0 Å². The van der Waals surface area contributed by atoms with Gasteiger partial charge in [-0.15, -0.1) is 23.2 Å². The Labute approximate surface area is 411 Å². The Bertz CT molecular complexity index is 2550. The maximum atomic E-state index is 13.8. The predicted octanol–water partition coefficient (Wildman–Crippen LogP) is 9.31. The zero-order valence-electron chi connectivity index (χ0n) is 40.4. The van der Waals surface area contributed by atoms with Gasteiger partial charge in [-0.05, 0) is 83.2 Å². The fraction of sp³-hybridized carbons (Fsp3) is 0.375. The zero-order chi connectivity index (χ0) is 49.1. The summed E-state index contributed by atoms with van der Waals surface area (Å²) >= 11 is 1.58. The van der Waals surface area contributed by atoms with Gasteiger partial charge in [-0.25, -0.2) is 9.78 Å². The molecule has 6 rings (SSSR count). The molecule has 0 spiro atoms. The van der Waals surface area contributed by atoms with Crippen LogP contribution in [-0.2, 0) is 25.7 Å². The maximum Gasteiger partial charge on any atom is 0.409 e. The molecule has 69 heavy (non-hydrogen) atoms. The lowest BCUT2D eigenvalue weighted by molar-refractivity contribution is -0.142. The fourth-order valence-electron chi connectivity index (χ4n) is 8.24. The molecule has 2 heterocycles. The minimum atomic E-state index is -0.851. The second-order valence-corrected chi connectivity index (χ2v) is 18.4. The van der Waals surface area contributed by atoms with E-state index >= 15 is 0 Å². The van der Waals surface area contributed by atoms with Crippen LogP contribution in [-0.4, -0.2) is 95.2 Å². The molecule has 0 unspecified atom stereocenters. The largest absolute Gasteiger partial charge is 0.492 e. The molecule has 3 N–H and O–H groups in total. The first-order chi connectivity index (χ1) is 33.4. The summed E-state index contributed by atoms with van der Waals surface area (Å²) in [6.45, 7) is 9.01. The number of aliphatic hydroxyl groups is 1. The molecule has 0 radical (unpaired) electrons. The summed E-state index contributed by atoms with van der Waals surface area (Å²) in [4.78, 5) is 61.0. The number of benzene rings is 4. The Kier molecular flexibility index (Phi) is 19.6. The van der Waals surface area contributed by atoms with Crippen LogP contribution in [0.25, 0.3) is 21.6 Å². The molecule has 1 aliphatic heterocycles. The lowest BCUT2D eigenvalue weighted by Gasteiger charge is -2.30. The molecule has 0 aliphatic carbocycles. The van der Waals surface area contributed by atoms with Crippen LogP contribution in [0, 0.1) is 24.7 Å². The standard InChI is InChI=1S/C56H65N5O7S/c1-6-48(42-19-13-11-14-20-42)51(43-21-15-12-16-22-43)44-28-30-47(31-29-44)67-34-32-60(5)56(66)68-33-18-10-8-7-9-17-23-50(63)59-52(39(2)3)55(65)61-37-46(62)35-49(61)54(64)57-36-41-24-26-45(27-25-41)53-40(4)58-38-69-53/h11-16,19-22,24-31,38-39,46,49,52,62H,6,9-10,17-18,23,32-37H2,1-5H3,(H,57,64)(H,59,63)/b51-48-/t46-,49+,52+/m1/s1. The Morgan fingerprint density at radius 1 is 0.870 bits per heavy atom. The first kappa shape index (κ1) is 51.6. The fourth-order valence-corrected chi connectivity index (χ4v) is 9.05. The number of allylic oxidation sites excluding steroid dienone is 1. The van der Waals surface area contributed by atoms with Crippen molar-refractivity contribution in [3.63, 3.8) is 0 Å². The summed E-state index contributed by atoms with van der Waals surface area (Å²) in [5.41, 5.74) is 10.7. The van der Waals surface area contributed by atoms with Gasteiger partial charge in [0, 0.05) is 45.8 Å². The number of carbonyl (C=O) groups excluding carboxylic acids is 4. The van der Waals surface area contributed by atoms with Crippen molar-refractivity contribution in [2.45, 2.75) is 97.4 Å². The van der Waals surface area contributed by atoms with Crippen molar-refractivity contribution < 1.29 is 33.8 Å². The van der Waals surface area contributed by atoms with Crippen molar-refractivity contribution in [2.75, 3.05) is 33.4 Å². The number of thiazole rings is 1. The molecular formula is C56H65N5O7S. The van der Waals surface area contributed by atoms with E-state index in [0.717, 1.165) is 39.2 Å². The molecule has 0 bridgehead atoms. The number of unbranched alkanes of at least 4 members (excludes halogenated alkanes) is 2. The summed E-state index contributed by atoms with van der Waals surface area (Å²) in [7, 11) is 1.68. The van der Waals surface area contributed by atoms with E-state index in [0.29, 0.717) is 44.6 Å². The van der Waals surface area contributed by atoms with Gasteiger partial charge in [0.25, 0.3) is 0 Å². The van der Waals surface area contributed by atoms with Crippen LogP contribution in [0.5, 0.6) is 5.75 Å². The Balaban J connectivity index is 0.859. The van der Waals surface area contributed by atoms with E-state index in [4.69, 9.17) is 9.47 Å². The highest BCUT2D eigenvalue weighted by molar-refractivity contribution is 7.13. The molecule has 4 aromatic carbocycles. The maximum absolute atomic E-state index is 13.8. The van der Waals surface area contributed by atoms with Crippen LogP contribution < -0.4 is 15.4 Å². The Morgan fingerprint density at radius 2 is 1.52 bits per heavy atom. The van der Waals surface area contributed by atoms with Crippen molar-refractivity contribution in [1.82, 2.24) is 25.4 Å². The highest BCUT2D eigenvalue weighted by Crippen LogP contribution is 2.35. The van der Waals surface area contributed by atoms with Gasteiger partial charge in [0.05, 0.1) is 35.3 Å². The first-order valence-electron chi connectivity index (χ1n) is 23.9. The highest BCUT2D eigenvalue weighted by Gasteiger charge is 2.42. The topological polar surface area (TPSA) is 150 Å². The van der Waals surface area contributed by atoms with Gasteiger partial charge in [0.1, 0.15) is 24.4 Å².